The van der Waals surface area contributed by atoms with Gasteiger partial charge in [-0.25, -0.2) is 12.8 Å². The summed E-state index contributed by atoms with van der Waals surface area (Å²) in [7, 11) is -3.12. The summed E-state index contributed by atoms with van der Waals surface area (Å²) in [6.07, 6.45) is 1.59. The van der Waals surface area contributed by atoms with Crippen LogP contribution in [0.2, 0.25) is 0 Å². The molecule has 1 aromatic rings. The van der Waals surface area contributed by atoms with Crippen LogP contribution in [0, 0.1) is 5.82 Å². The Morgan fingerprint density at radius 3 is 2.62 bits per heavy atom. The minimum atomic E-state index is -3.12. The fourth-order valence-corrected chi connectivity index (χ4v) is 1.40. The van der Waals surface area contributed by atoms with Gasteiger partial charge in [0.25, 0.3) is 0 Å². The Hall–Kier alpha value is -1.43. The summed E-state index contributed by atoms with van der Waals surface area (Å²) in [6, 6.07) is 3.72. The first kappa shape index (κ1) is 12.6. The third-order valence-electron chi connectivity index (χ3n) is 1.80. The van der Waals surface area contributed by atoms with Crippen LogP contribution in [0.25, 0.3) is 0 Å². The van der Waals surface area contributed by atoms with Crippen LogP contribution in [0.1, 0.15) is 10.4 Å². The molecule has 0 heterocycles. The number of halogens is 1. The second kappa shape index (κ2) is 5.07. The Morgan fingerprint density at radius 2 is 2.12 bits per heavy atom. The highest BCUT2D eigenvalue weighted by Gasteiger charge is 2.06. The van der Waals surface area contributed by atoms with Gasteiger partial charge in [0.15, 0.2) is 21.4 Å². The summed E-state index contributed by atoms with van der Waals surface area (Å²) >= 11 is 0. The predicted molar refractivity (Wildman–Crippen MR) is 57.0 cm³/mol. The van der Waals surface area contributed by atoms with E-state index in [4.69, 9.17) is 4.74 Å². The second-order valence-electron chi connectivity index (χ2n) is 3.29. The van der Waals surface area contributed by atoms with Crippen LogP contribution in [0.3, 0.4) is 0 Å². The molecule has 6 heteroatoms. The molecule has 0 radical (unpaired) electrons. The first-order valence-electron chi connectivity index (χ1n) is 4.47. The Kier molecular flexibility index (Phi) is 4.00. The van der Waals surface area contributed by atoms with Crippen LogP contribution >= 0.6 is 0 Å². The lowest BCUT2D eigenvalue weighted by molar-refractivity contribution is 0.112. The SMILES string of the molecule is CS(=O)(=O)CCOc1ccc(C=O)cc1F. The topological polar surface area (TPSA) is 60.4 Å². The van der Waals surface area contributed by atoms with Crippen molar-refractivity contribution in [1.82, 2.24) is 0 Å². The fraction of sp³-hybridized carbons (Fsp3) is 0.300. The highest BCUT2D eigenvalue weighted by atomic mass is 32.2. The molecule has 1 aromatic carbocycles. The van der Waals surface area contributed by atoms with Crippen LogP contribution in [-0.4, -0.2) is 33.3 Å². The van der Waals surface area contributed by atoms with Gasteiger partial charge < -0.3 is 4.74 Å². The maximum absolute atomic E-state index is 13.2. The van der Waals surface area contributed by atoms with Crippen LogP contribution < -0.4 is 4.74 Å². The van der Waals surface area contributed by atoms with E-state index >= 15 is 0 Å². The third-order valence-corrected chi connectivity index (χ3v) is 2.71. The molecule has 0 saturated carbocycles. The lowest BCUT2D eigenvalue weighted by atomic mass is 10.2. The normalized spacial score (nSPS) is 11.1. The zero-order chi connectivity index (χ0) is 12.2. The van der Waals surface area contributed by atoms with Crippen molar-refractivity contribution in [1.29, 1.82) is 0 Å². The van der Waals surface area contributed by atoms with E-state index in [1.807, 2.05) is 0 Å². The molecule has 0 aliphatic heterocycles. The fourth-order valence-electron chi connectivity index (χ4n) is 1.01. The first-order valence-corrected chi connectivity index (χ1v) is 6.53. The minimum Gasteiger partial charge on any atom is -0.489 e. The number of carbonyl (C=O) groups excluding carboxylic acids is 1. The molecule has 0 aliphatic carbocycles. The molecule has 0 aromatic heterocycles. The molecular formula is C10H11FO4S. The zero-order valence-electron chi connectivity index (χ0n) is 8.64. The highest BCUT2D eigenvalue weighted by molar-refractivity contribution is 7.90. The Bertz CT molecular complexity index is 482. The molecule has 0 aliphatic rings. The van der Waals surface area contributed by atoms with Gasteiger partial charge in [0, 0.05) is 11.8 Å². The lowest BCUT2D eigenvalue weighted by Crippen LogP contribution is -2.12. The van der Waals surface area contributed by atoms with E-state index < -0.39 is 15.7 Å². The van der Waals surface area contributed by atoms with Gasteiger partial charge in [0.1, 0.15) is 12.9 Å². The number of hydrogen-bond acceptors (Lipinski definition) is 4. The van der Waals surface area contributed by atoms with Crippen LogP contribution in [-0.2, 0) is 9.84 Å². The molecule has 1 rings (SSSR count). The second-order valence-corrected chi connectivity index (χ2v) is 5.55. The zero-order valence-corrected chi connectivity index (χ0v) is 9.46. The van der Waals surface area contributed by atoms with Crippen molar-refractivity contribution in [2.45, 2.75) is 0 Å². The maximum atomic E-state index is 13.2. The number of benzene rings is 1. The van der Waals surface area contributed by atoms with Gasteiger partial charge in [0.05, 0.1) is 5.75 Å². The van der Waals surface area contributed by atoms with Crippen molar-refractivity contribution in [3.05, 3.63) is 29.6 Å². The molecule has 0 N–H and O–H groups in total. The van der Waals surface area contributed by atoms with Crippen molar-refractivity contribution >= 4 is 16.1 Å². The number of aldehydes is 1. The van der Waals surface area contributed by atoms with Crippen molar-refractivity contribution in [2.75, 3.05) is 18.6 Å². The first-order chi connectivity index (χ1) is 7.42. The van der Waals surface area contributed by atoms with E-state index in [0.717, 1.165) is 12.3 Å². The number of hydrogen-bond donors (Lipinski definition) is 0. The quantitative estimate of drug-likeness (QED) is 0.729. The molecule has 0 spiro atoms. The summed E-state index contributed by atoms with van der Waals surface area (Å²) in [5.74, 6) is -0.922. The van der Waals surface area contributed by atoms with E-state index in [9.17, 15) is 17.6 Å². The van der Waals surface area contributed by atoms with Crippen molar-refractivity contribution in [2.24, 2.45) is 0 Å². The van der Waals surface area contributed by atoms with Gasteiger partial charge in [0.2, 0.25) is 0 Å². The lowest BCUT2D eigenvalue weighted by Gasteiger charge is -2.06. The smallest absolute Gasteiger partial charge is 0.165 e. The molecule has 0 atom stereocenters. The molecule has 0 saturated heterocycles. The van der Waals surface area contributed by atoms with E-state index in [2.05, 4.69) is 0 Å². The van der Waals surface area contributed by atoms with Crippen LogP contribution in [0.15, 0.2) is 18.2 Å². The van der Waals surface area contributed by atoms with E-state index in [-0.39, 0.29) is 23.7 Å². The van der Waals surface area contributed by atoms with Gasteiger partial charge in [-0.2, -0.15) is 0 Å². The number of carbonyl (C=O) groups is 1. The summed E-state index contributed by atoms with van der Waals surface area (Å²) in [5, 5.41) is 0. The Balaban J connectivity index is 2.65. The Labute approximate surface area is 93.0 Å². The van der Waals surface area contributed by atoms with Gasteiger partial charge in [-0.3, -0.25) is 4.79 Å². The summed E-state index contributed by atoms with van der Waals surface area (Å²) < 4.78 is 39.7. The average molecular weight is 246 g/mol. The highest BCUT2D eigenvalue weighted by Crippen LogP contribution is 2.17. The molecule has 4 nitrogen and oxygen atoms in total. The predicted octanol–water partition coefficient (Wildman–Crippen LogP) is 1.06. The van der Waals surface area contributed by atoms with Gasteiger partial charge in [-0.05, 0) is 18.2 Å². The molecule has 16 heavy (non-hydrogen) atoms. The molecule has 0 fully saturated rings. The van der Waals surface area contributed by atoms with Crippen molar-refractivity contribution in [3.8, 4) is 5.75 Å². The van der Waals surface area contributed by atoms with Crippen LogP contribution in [0.5, 0.6) is 5.75 Å². The Morgan fingerprint density at radius 1 is 1.44 bits per heavy atom. The minimum absolute atomic E-state index is 0.0609. The molecule has 0 unspecified atom stereocenters. The van der Waals surface area contributed by atoms with Crippen molar-refractivity contribution < 1.29 is 22.3 Å². The molecule has 0 amide bonds. The summed E-state index contributed by atoms with van der Waals surface area (Å²) in [4.78, 5) is 10.3. The molecule has 0 bridgehead atoms. The average Bonchev–Trinajstić information content (AvgIpc) is 2.18. The van der Waals surface area contributed by atoms with Crippen LogP contribution in [0.4, 0.5) is 4.39 Å². The maximum Gasteiger partial charge on any atom is 0.165 e. The summed E-state index contributed by atoms with van der Waals surface area (Å²) in [6.45, 7) is -0.115. The van der Waals surface area contributed by atoms with E-state index in [1.54, 1.807) is 0 Å². The van der Waals surface area contributed by atoms with Gasteiger partial charge in [-0.1, -0.05) is 0 Å². The van der Waals surface area contributed by atoms with Crippen molar-refractivity contribution in [3.63, 3.8) is 0 Å². The third kappa shape index (κ3) is 3.98. The van der Waals surface area contributed by atoms with E-state index in [1.165, 1.54) is 12.1 Å². The number of sulfone groups is 1. The van der Waals surface area contributed by atoms with Gasteiger partial charge in [-0.15, -0.1) is 0 Å². The molecule has 88 valence electrons. The number of ether oxygens (including phenoxy) is 1. The standard InChI is InChI=1S/C10H11FO4S/c1-16(13,14)5-4-15-10-3-2-8(7-12)6-9(10)11/h2-3,6-7H,4-5H2,1H3. The molecular weight excluding hydrogens is 235 g/mol. The van der Waals surface area contributed by atoms with E-state index in [0.29, 0.717) is 6.29 Å². The summed E-state index contributed by atoms with van der Waals surface area (Å²) in [5.41, 5.74) is 0.202. The largest absolute Gasteiger partial charge is 0.489 e. The monoisotopic (exact) mass is 246 g/mol. The number of rotatable bonds is 5. The van der Waals surface area contributed by atoms with Gasteiger partial charge >= 0.3 is 0 Å².